The first-order valence-electron chi connectivity index (χ1n) is 11.2. The molecule has 0 aliphatic carbocycles. The number of aliphatic carboxylic acids is 1. The largest absolute Gasteiger partial charge is 0.480 e. The van der Waals surface area contributed by atoms with Crippen LogP contribution in [0.2, 0.25) is 0 Å². The molecule has 1 aliphatic rings. The van der Waals surface area contributed by atoms with Crippen molar-refractivity contribution in [3.63, 3.8) is 0 Å². The van der Waals surface area contributed by atoms with Gasteiger partial charge in [-0.3, -0.25) is 4.79 Å². The number of anilines is 1. The average molecular weight is 454 g/mol. The molecule has 8 nitrogen and oxygen atoms in total. The summed E-state index contributed by atoms with van der Waals surface area (Å²) in [5.41, 5.74) is 2.85. The van der Waals surface area contributed by atoms with E-state index in [2.05, 4.69) is 16.0 Å². The van der Waals surface area contributed by atoms with Crippen LogP contribution in [0.25, 0.3) is 0 Å². The number of rotatable bonds is 10. The Morgan fingerprint density at radius 2 is 1.73 bits per heavy atom. The quantitative estimate of drug-likeness (QED) is 0.438. The third-order valence-corrected chi connectivity index (χ3v) is 5.60. The van der Waals surface area contributed by atoms with Crippen molar-refractivity contribution in [2.24, 2.45) is 5.92 Å². The van der Waals surface area contributed by atoms with Gasteiger partial charge < -0.3 is 25.8 Å². The van der Waals surface area contributed by atoms with Crippen molar-refractivity contribution in [1.82, 2.24) is 10.6 Å². The first-order chi connectivity index (χ1) is 15.8. The number of carbonyl (C=O) groups excluding carboxylic acids is 2. The van der Waals surface area contributed by atoms with Crippen LogP contribution in [0.4, 0.5) is 10.5 Å². The van der Waals surface area contributed by atoms with E-state index in [0.717, 1.165) is 16.8 Å². The maximum atomic E-state index is 13.0. The molecule has 0 bridgehead atoms. The monoisotopic (exact) mass is 453 g/mol. The van der Waals surface area contributed by atoms with Crippen LogP contribution in [0.15, 0.2) is 54.6 Å². The normalized spacial score (nSPS) is 16.3. The lowest BCUT2D eigenvalue weighted by Crippen LogP contribution is -2.52. The molecule has 2 aromatic carbocycles. The molecule has 0 saturated heterocycles. The number of nitrogens with one attached hydrogen (secondary N) is 3. The highest BCUT2D eigenvalue weighted by molar-refractivity contribution is 5.89. The summed E-state index contributed by atoms with van der Waals surface area (Å²) in [5.74, 6) is -1.58. The van der Waals surface area contributed by atoms with Gasteiger partial charge in [0.05, 0.1) is 0 Å². The Kier molecular flexibility index (Phi) is 8.29. The van der Waals surface area contributed by atoms with Crippen LogP contribution in [0.5, 0.6) is 0 Å². The fraction of sp³-hybridized carbons (Fsp3) is 0.400. The summed E-state index contributed by atoms with van der Waals surface area (Å²) < 4.78 is 5.23. The number of benzene rings is 2. The molecule has 8 heteroatoms. The summed E-state index contributed by atoms with van der Waals surface area (Å²) in [6, 6.07) is 15.0. The second kappa shape index (κ2) is 11.4. The molecule has 0 spiro atoms. The standard InChI is InChI=1S/C25H31N3O5/c1-16(2)12-21(28-25(32)33-15-17-8-4-3-5-9-17)23(29)27-22(24(30)31)13-18-14-26-20-11-7-6-10-19(18)20/h3-11,16,18,21-22,26H,12-15H2,1-2H3,(H,27,29)(H,28,32)(H,30,31)/t18?,21-,22+/m1/s1. The van der Waals surface area contributed by atoms with E-state index < -0.39 is 30.1 Å². The molecule has 2 aromatic rings. The second-order valence-corrected chi connectivity index (χ2v) is 8.69. The number of fused-ring (bicyclic) bond motifs is 1. The maximum Gasteiger partial charge on any atom is 0.408 e. The lowest BCUT2D eigenvalue weighted by Gasteiger charge is -2.24. The lowest BCUT2D eigenvalue weighted by molar-refractivity contribution is -0.142. The number of para-hydroxylation sites is 1. The first kappa shape index (κ1) is 24.1. The molecule has 0 aromatic heterocycles. The summed E-state index contributed by atoms with van der Waals surface area (Å²) in [6.45, 7) is 4.53. The zero-order valence-corrected chi connectivity index (χ0v) is 18.9. The van der Waals surface area contributed by atoms with Crippen molar-refractivity contribution in [3.8, 4) is 0 Å². The smallest absolute Gasteiger partial charge is 0.408 e. The number of carboxylic acids is 1. The van der Waals surface area contributed by atoms with Crippen molar-refractivity contribution >= 4 is 23.7 Å². The molecule has 0 fully saturated rings. The fourth-order valence-corrected chi connectivity index (χ4v) is 3.96. The third-order valence-electron chi connectivity index (χ3n) is 5.60. The Hall–Kier alpha value is -3.55. The maximum absolute atomic E-state index is 13.0. The highest BCUT2D eigenvalue weighted by atomic mass is 16.5. The predicted molar refractivity (Wildman–Crippen MR) is 125 cm³/mol. The topological polar surface area (TPSA) is 117 Å². The Balaban J connectivity index is 1.61. The van der Waals surface area contributed by atoms with Crippen molar-refractivity contribution in [2.75, 3.05) is 11.9 Å². The van der Waals surface area contributed by atoms with E-state index in [0.29, 0.717) is 13.0 Å². The average Bonchev–Trinajstić information content (AvgIpc) is 3.20. The summed E-state index contributed by atoms with van der Waals surface area (Å²) in [4.78, 5) is 37.2. The molecule has 1 heterocycles. The van der Waals surface area contributed by atoms with E-state index in [-0.39, 0.29) is 24.9 Å². The fourth-order valence-electron chi connectivity index (χ4n) is 3.96. The molecule has 3 rings (SSSR count). The van der Waals surface area contributed by atoms with Gasteiger partial charge in [0.15, 0.2) is 0 Å². The van der Waals surface area contributed by atoms with Crippen LogP contribution in [0, 0.1) is 5.92 Å². The van der Waals surface area contributed by atoms with Gasteiger partial charge >= 0.3 is 12.1 Å². The predicted octanol–water partition coefficient (Wildman–Crippen LogP) is 3.50. The van der Waals surface area contributed by atoms with Crippen molar-refractivity contribution in [3.05, 3.63) is 65.7 Å². The van der Waals surface area contributed by atoms with E-state index in [1.165, 1.54) is 0 Å². The number of ether oxygens (including phenoxy) is 1. The number of carbonyl (C=O) groups is 3. The highest BCUT2D eigenvalue weighted by Crippen LogP contribution is 2.34. The number of amides is 2. The minimum absolute atomic E-state index is 0.0325. The minimum Gasteiger partial charge on any atom is -0.480 e. The Morgan fingerprint density at radius 3 is 2.42 bits per heavy atom. The van der Waals surface area contributed by atoms with Crippen LogP contribution in [0.3, 0.4) is 0 Å². The molecule has 2 amide bonds. The third kappa shape index (κ3) is 6.97. The van der Waals surface area contributed by atoms with Gasteiger partial charge in [0, 0.05) is 18.2 Å². The Bertz CT molecular complexity index is 964. The van der Waals surface area contributed by atoms with Crippen LogP contribution >= 0.6 is 0 Å². The SMILES string of the molecule is CC(C)C[C@@H](NC(=O)OCc1ccccc1)C(=O)N[C@@H](CC1CNc2ccccc21)C(=O)O. The molecule has 0 radical (unpaired) electrons. The van der Waals surface area contributed by atoms with E-state index in [1.807, 2.05) is 68.4 Å². The van der Waals surface area contributed by atoms with Crippen molar-refractivity contribution < 1.29 is 24.2 Å². The van der Waals surface area contributed by atoms with Crippen LogP contribution in [-0.2, 0) is 20.9 Å². The van der Waals surface area contributed by atoms with Gasteiger partial charge in [-0.05, 0) is 36.0 Å². The van der Waals surface area contributed by atoms with E-state index >= 15 is 0 Å². The zero-order valence-electron chi connectivity index (χ0n) is 18.9. The lowest BCUT2D eigenvalue weighted by atomic mass is 9.93. The molecule has 176 valence electrons. The molecule has 4 N–H and O–H groups in total. The van der Waals surface area contributed by atoms with Gasteiger partial charge in [-0.25, -0.2) is 9.59 Å². The van der Waals surface area contributed by atoms with Crippen LogP contribution < -0.4 is 16.0 Å². The van der Waals surface area contributed by atoms with Gasteiger partial charge in [0.25, 0.3) is 0 Å². The summed E-state index contributed by atoms with van der Waals surface area (Å²) >= 11 is 0. The Labute approximate surface area is 193 Å². The van der Waals surface area contributed by atoms with E-state index in [4.69, 9.17) is 4.74 Å². The molecular weight excluding hydrogens is 422 g/mol. The van der Waals surface area contributed by atoms with Gasteiger partial charge in [0.2, 0.25) is 5.91 Å². The molecule has 0 saturated carbocycles. The summed E-state index contributed by atoms with van der Waals surface area (Å²) in [7, 11) is 0. The number of hydrogen-bond acceptors (Lipinski definition) is 5. The molecule has 3 atom stereocenters. The van der Waals surface area contributed by atoms with Gasteiger partial charge in [0.1, 0.15) is 18.7 Å². The summed E-state index contributed by atoms with van der Waals surface area (Å²) in [6.07, 6.45) is -0.120. The zero-order chi connectivity index (χ0) is 23.8. The van der Waals surface area contributed by atoms with Crippen molar-refractivity contribution in [2.45, 2.75) is 51.3 Å². The van der Waals surface area contributed by atoms with Gasteiger partial charge in [-0.2, -0.15) is 0 Å². The van der Waals surface area contributed by atoms with Crippen molar-refractivity contribution in [1.29, 1.82) is 0 Å². The van der Waals surface area contributed by atoms with Gasteiger partial charge in [-0.15, -0.1) is 0 Å². The van der Waals surface area contributed by atoms with Crippen LogP contribution in [0.1, 0.15) is 43.7 Å². The summed E-state index contributed by atoms with van der Waals surface area (Å²) in [5, 5.41) is 18.2. The second-order valence-electron chi connectivity index (χ2n) is 8.69. The Morgan fingerprint density at radius 1 is 1.03 bits per heavy atom. The van der Waals surface area contributed by atoms with E-state index in [1.54, 1.807) is 0 Å². The highest BCUT2D eigenvalue weighted by Gasteiger charge is 2.32. The van der Waals surface area contributed by atoms with E-state index in [9.17, 15) is 19.5 Å². The molecular formula is C25H31N3O5. The molecule has 1 unspecified atom stereocenters. The molecule has 33 heavy (non-hydrogen) atoms. The first-order valence-corrected chi connectivity index (χ1v) is 11.2. The van der Waals surface area contributed by atoms with Crippen LogP contribution in [-0.4, -0.2) is 41.7 Å². The minimum atomic E-state index is -1.11. The number of hydrogen-bond donors (Lipinski definition) is 4. The van der Waals surface area contributed by atoms with Gasteiger partial charge in [-0.1, -0.05) is 62.4 Å². The molecule has 1 aliphatic heterocycles. The number of carboxylic acid groups (broad SMARTS) is 1. The number of alkyl carbamates (subject to hydrolysis) is 1.